The topological polar surface area (TPSA) is 75.9 Å². The first-order valence-electron chi connectivity index (χ1n) is 10.5. The molecule has 2 N–H and O–H groups in total. The summed E-state index contributed by atoms with van der Waals surface area (Å²) in [5.74, 6) is -0.142. The molecule has 0 radical (unpaired) electrons. The Morgan fingerprint density at radius 3 is 2.48 bits per heavy atom. The highest BCUT2D eigenvalue weighted by atomic mass is 19.1. The van der Waals surface area contributed by atoms with Crippen LogP contribution in [0.2, 0.25) is 0 Å². The number of aromatic hydroxyl groups is 1. The number of aromatic nitrogens is 4. The number of hydrogen-bond donors (Lipinski definition) is 2. The van der Waals surface area contributed by atoms with Crippen LogP contribution in [0.1, 0.15) is 32.8 Å². The Balaban J connectivity index is 0.000000858. The molecule has 7 heteroatoms. The quantitative estimate of drug-likeness (QED) is 0.434. The molecule has 0 unspecified atom stereocenters. The van der Waals surface area contributed by atoms with Crippen LogP contribution in [0.15, 0.2) is 55.1 Å². The van der Waals surface area contributed by atoms with Gasteiger partial charge in [-0.3, -0.25) is 4.98 Å². The van der Waals surface area contributed by atoms with Crippen molar-refractivity contribution in [3.63, 3.8) is 0 Å². The second-order valence-electron chi connectivity index (χ2n) is 7.20. The van der Waals surface area contributed by atoms with E-state index in [-0.39, 0.29) is 5.75 Å². The molecule has 31 heavy (non-hydrogen) atoms. The summed E-state index contributed by atoms with van der Waals surface area (Å²) in [6, 6.07) is 10.5. The molecule has 1 aromatic carbocycles. The number of aryl methyl sites for hydroxylation is 1. The van der Waals surface area contributed by atoms with Crippen LogP contribution in [-0.2, 0) is 13.0 Å². The molecule has 6 nitrogen and oxygen atoms in total. The van der Waals surface area contributed by atoms with E-state index in [9.17, 15) is 9.50 Å². The molecule has 0 aliphatic rings. The maximum atomic E-state index is 13.6. The summed E-state index contributed by atoms with van der Waals surface area (Å²) < 4.78 is 15.6. The third kappa shape index (κ3) is 5.57. The van der Waals surface area contributed by atoms with Gasteiger partial charge in [-0.1, -0.05) is 32.4 Å². The van der Waals surface area contributed by atoms with Crippen LogP contribution in [0.4, 0.5) is 10.1 Å². The third-order valence-electron chi connectivity index (χ3n) is 4.58. The first-order valence-corrected chi connectivity index (χ1v) is 10.5. The molecule has 0 aliphatic carbocycles. The first kappa shape index (κ1) is 22.2. The average molecular weight is 422 g/mol. The molecule has 3 heterocycles. The highest BCUT2D eigenvalue weighted by Gasteiger charge is 2.13. The molecule has 0 fully saturated rings. The number of imidazole rings is 1. The third-order valence-corrected chi connectivity index (χ3v) is 4.58. The van der Waals surface area contributed by atoms with Crippen LogP contribution in [0.5, 0.6) is 5.75 Å². The van der Waals surface area contributed by atoms with Gasteiger partial charge in [-0.05, 0) is 43.2 Å². The minimum atomic E-state index is -0.398. The number of pyridine rings is 2. The zero-order valence-electron chi connectivity index (χ0n) is 18.1. The maximum absolute atomic E-state index is 13.6. The Morgan fingerprint density at radius 1 is 1.06 bits per heavy atom. The van der Waals surface area contributed by atoms with Crippen molar-refractivity contribution in [1.82, 2.24) is 19.5 Å². The van der Waals surface area contributed by atoms with Gasteiger partial charge in [0.2, 0.25) is 0 Å². The molecule has 4 rings (SSSR count). The lowest BCUT2D eigenvalue weighted by Crippen LogP contribution is -2.06. The minimum Gasteiger partial charge on any atom is -0.508 e. The predicted octanol–water partition coefficient (Wildman–Crippen LogP) is 5.43. The highest BCUT2D eigenvalue weighted by Crippen LogP contribution is 2.27. The number of nitrogens with one attached hydrogen (secondary N) is 1. The van der Waals surface area contributed by atoms with Gasteiger partial charge in [-0.25, -0.2) is 14.4 Å². The monoisotopic (exact) mass is 421 g/mol. The highest BCUT2D eigenvalue weighted by molar-refractivity contribution is 5.89. The van der Waals surface area contributed by atoms with Crippen molar-refractivity contribution in [1.29, 1.82) is 0 Å². The maximum Gasteiger partial charge on any atom is 0.162 e. The summed E-state index contributed by atoms with van der Waals surface area (Å²) in [4.78, 5) is 13.1. The lowest BCUT2D eigenvalue weighted by molar-refractivity contribution is 0.475. The molecule has 4 aromatic rings. The molecule has 0 saturated carbocycles. The van der Waals surface area contributed by atoms with Crippen LogP contribution in [0.25, 0.3) is 22.4 Å². The minimum absolute atomic E-state index is 0.256. The number of rotatable bonds is 6. The zero-order chi connectivity index (χ0) is 22.2. The van der Waals surface area contributed by atoms with Crippen molar-refractivity contribution >= 4 is 16.9 Å². The fourth-order valence-corrected chi connectivity index (χ4v) is 3.10. The summed E-state index contributed by atoms with van der Waals surface area (Å²) in [6.45, 7) is 7.70. The summed E-state index contributed by atoms with van der Waals surface area (Å²) in [6.07, 6.45) is 6.57. The summed E-state index contributed by atoms with van der Waals surface area (Å²) in [5.41, 5.74) is 4.74. The van der Waals surface area contributed by atoms with Gasteiger partial charge in [0.25, 0.3) is 0 Å². The molecule has 3 aromatic heterocycles. The van der Waals surface area contributed by atoms with Gasteiger partial charge in [0.15, 0.2) is 5.65 Å². The average Bonchev–Trinajstić information content (AvgIpc) is 3.19. The second-order valence-corrected chi connectivity index (χ2v) is 7.20. The van der Waals surface area contributed by atoms with Crippen molar-refractivity contribution in [3.05, 3.63) is 66.5 Å². The van der Waals surface area contributed by atoms with Crippen LogP contribution < -0.4 is 5.32 Å². The summed E-state index contributed by atoms with van der Waals surface area (Å²) >= 11 is 0. The predicted molar refractivity (Wildman–Crippen MR) is 123 cm³/mol. The number of phenols is 1. The van der Waals surface area contributed by atoms with Gasteiger partial charge in [0.05, 0.1) is 23.9 Å². The Morgan fingerprint density at radius 2 is 1.81 bits per heavy atom. The van der Waals surface area contributed by atoms with E-state index in [0.29, 0.717) is 17.8 Å². The van der Waals surface area contributed by atoms with Gasteiger partial charge >= 0.3 is 0 Å². The lowest BCUT2D eigenvalue weighted by Gasteiger charge is -2.11. The van der Waals surface area contributed by atoms with Gasteiger partial charge < -0.3 is 15.0 Å². The second kappa shape index (κ2) is 10.5. The number of phenolic OH excluding ortho intramolecular Hbond substituents is 1. The number of halogens is 1. The first-order chi connectivity index (χ1) is 15.0. The summed E-state index contributed by atoms with van der Waals surface area (Å²) in [5, 5.41) is 12.8. The number of hydrogen-bond acceptors (Lipinski definition) is 5. The van der Waals surface area contributed by atoms with E-state index < -0.39 is 5.82 Å². The zero-order valence-corrected chi connectivity index (χ0v) is 18.1. The number of nitrogens with zero attached hydrogens (tertiary/aromatic N) is 4. The number of anilines is 1. The Hall–Kier alpha value is -3.48. The number of fused-ring (bicyclic) bond motifs is 1. The molecule has 0 amide bonds. The van der Waals surface area contributed by atoms with Crippen molar-refractivity contribution in [2.45, 2.75) is 40.2 Å². The van der Waals surface area contributed by atoms with Crippen molar-refractivity contribution < 1.29 is 9.50 Å². The van der Waals surface area contributed by atoms with E-state index in [0.717, 1.165) is 35.4 Å². The van der Waals surface area contributed by atoms with E-state index in [1.807, 2.05) is 29.7 Å². The summed E-state index contributed by atoms with van der Waals surface area (Å²) in [7, 11) is 0. The van der Waals surface area contributed by atoms with Crippen LogP contribution in [-0.4, -0.2) is 31.2 Å². The molecular weight excluding hydrogens is 393 g/mol. The largest absolute Gasteiger partial charge is 0.508 e. The van der Waals surface area contributed by atoms with Gasteiger partial charge in [0, 0.05) is 24.8 Å². The lowest BCUT2D eigenvalue weighted by atomic mass is 10.1. The molecule has 0 saturated heterocycles. The van der Waals surface area contributed by atoms with E-state index in [2.05, 4.69) is 34.1 Å². The SMILES string of the molecule is CCC.CCn1cnc2c(NCCc3ccc(O)cc3)cc(-c3cncc(F)c3)nc21. The van der Waals surface area contributed by atoms with Crippen molar-refractivity contribution in [2.75, 3.05) is 11.9 Å². The standard InChI is InChI=1S/C21H20FN5O.C3H8/c1-2-27-13-25-20-19(24-8-7-14-3-5-17(28)6-4-14)10-18(26-21(20)27)15-9-16(22)12-23-11-15;1-3-2/h3-6,9-13,28H,2,7-8H2,1H3,(H,24,26);3H2,1-2H3. The van der Waals surface area contributed by atoms with E-state index in [1.54, 1.807) is 24.7 Å². The van der Waals surface area contributed by atoms with Gasteiger partial charge in [-0.2, -0.15) is 0 Å². The fraction of sp³-hybridized carbons (Fsp3) is 0.292. The number of benzene rings is 1. The van der Waals surface area contributed by atoms with Gasteiger partial charge in [0.1, 0.15) is 17.1 Å². The molecule has 0 atom stereocenters. The molecule has 0 bridgehead atoms. The van der Waals surface area contributed by atoms with E-state index in [4.69, 9.17) is 0 Å². The van der Waals surface area contributed by atoms with E-state index in [1.165, 1.54) is 18.7 Å². The molecule has 0 aliphatic heterocycles. The molecule has 162 valence electrons. The van der Waals surface area contributed by atoms with Crippen LogP contribution in [0.3, 0.4) is 0 Å². The van der Waals surface area contributed by atoms with E-state index >= 15 is 0 Å². The normalized spacial score (nSPS) is 10.6. The molecular formula is C24H28FN5O. The van der Waals surface area contributed by atoms with Crippen LogP contribution >= 0.6 is 0 Å². The Bertz CT molecular complexity index is 1120. The van der Waals surface area contributed by atoms with Crippen molar-refractivity contribution in [3.8, 4) is 17.0 Å². The van der Waals surface area contributed by atoms with Crippen molar-refractivity contribution in [2.24, 2.45) is 0 Å². The van der Waals surface area contributed by atoms with Crippen LogP contribution in [0, 0.1) is 5.82 Å². The molecule has 0 spiro atoms. The smallest absolute Gasteiger partial charge is 0.162 e. The Kier molecular flexibility index (Phi) is 7.54. The Labute approximate surface area is 181 Å². The fourth-order valence-electron chi connectivity index (χ4n) is 3.10. The van der Waals surface area contributed by atoms with Gasteiger partial charge in [-0.15, -0.1) is 0 Å².